The van der Waals surface area contributed by atoms with Crippen LogP contribution >= 0.6 is 11.3 Å². The van der Waals surface area contributed by atoms with Crippen LogP contribution in [0.5, 0.6) is 0 Å². The molecule has 13 heavy (non-hydrogen) atoms. The van der Waals surface area contributed by atoms with Crippen molar-refractivity contribution in [3.63, 3.8) is 0 Å². The minimum Gasteiger partial charge on any atom is -0.481 e. The molecule has 0 aromatic carbocycles. The zero-order chi connectivity index (χ0) is 9.42. The molecule has 1 aromatic rings. The lowest BCUT2D eigenvalue weighted by molar-refractivity contribution is -0.142. The minimum absolute atomic E-state index is 0.188. The summed E-state index contributed by atoms with van der Waals surface area (Å²) in [5.41, 5.74) is 1.13. The predicted molar refractivity (Wildman–Crippen MR) is 50.0 cm³/mol. The molecule has 1 N–H and O–H groups in total. The van der Waals surface area contributed by atoms with Crippen LogP contribution in [0, 0.1) is 12.8 Å². The lowest BCUT2D eigenvalue weighted by Crippen LogP contribution is -2.21. The van der Waals surface area contributed by atoms with Crippen molar-refractivity contribution in [3.05, 3.63) is 15.6 Å². The number of aryl methyl sites for hydroxylation is 2. The van der Waals surface area contributed by atoms with Crippen LogP contribution in [0.3, 0.4) is 0 Å². The molecule has 0 saturated carbocycles. The summed E-state index contributed by atoms with van der Waals surface area (Å²) in [5, 5.41) is 9.91. The minimum atomic E-state index is -0.670. The highest BCUT2D eigenvalue weighted by Crippen LogP contribution is 2.29. The predicted octanol–water partition coefficient (Wildman–Crippen LogP) is 1.64. The molecule has 0 amide bonds. The summed E-state index contributed by atoms with van der Waals surface area (Å²) in [6, 6.07) is 0. The van der Waals surface area contributed by atoms with Crippen LogP contribution in [0.15, 0.2) is 0 Å². The van der Waals surface area contributed by atoms with Crippen LogP contribution in [0.2, 0.25) is 0 Å². The van der Waals surface area contributed by atoms with E-state index in [0.717, 1.165) is 23.5 Å². The number of aromatic nitrogens is 1. The molecule has 1 aliphatic carbocycles. The number of fused-ring (bicyclic) bond motifs is 1. The Bertz CT molecular complexity index is 345. The average Bonchev–Trinajstić information content (AvgIpc) is 2.42. The molecule has 70 valence electrons. The first-order valence-corrected chi connectivity index (χ1v) is 5.16. The summed E-state index contributed by atoms with van der Waals surface area (Å²) in [4.78, 5) is 16.3. The van der Waals surface area contributed by atoms with E-state index in [9.17, 15) is 4.79 Å². The number of rotatable bonds is 1. The van der Waals surface area contributed by atoms with E-state index in [-0.39, 0.29) is 5.92 Å². The molecular formula is C9H11NO2S. The lowest BCUT2D eigenvalue weighted by Gasteiger charge is -2.16. The molecular weight excluding hydrogens is 186 g/mol. The first kappa shape index (κ1) is 8.69. The van der Waals surface area contributed by atoms with Crippen molar-refractivity contribution >= 4 is 17.3 Å². The highest BCUT2D eigenvalue weighted by molar-refractivity contribution is 7.11. The Morgan fingerprint density at radius 2 is 2.46 bits per heavy atom. The van der Waals surface area contributed by atoms with Gasteiger partial charge in [0.05, 0.1) is 16.6 Å². The molecule has 0 radical (unpaired) electrons. The van der Waals surface area contributed by atoms with Crippen LogP contribution in [0.4, 0.5) is 0 Å². The summed E-state index contributed by atoms with van der Waals surface area (Å²) in [6.45, 7) is 1.97. The summed E-state index contributed by atoms with van der Waals surface area (Å²) >= 11 is 1.64. The van der Waals surface area contributed by atoms with Crippen molar-refractivity contribution in [1.82, 2.24) is 4.98 Å². The number of hydrogen-bond donors (Lipinski definition) is 1. The van der Waals surface area contributed by atoms with Gasteiger partial charge in [-0.05, 0) is 26.2 Å². The van der Waals surface area contributed by atoms with E-state index in [1.165, 1.54) is 4.88 Å². The molecule has 1 atom stereocenters. The number of aliphatic carboxylic acids is 1. The number of hydrogen-bond acceptors (Lipinski definition) is 3. The Balaban J connectivity index is 2.24. The molecule has 1 heterocycles. The standard InChI is InChI=1S/C9H11NO2S/c1-5-10-7-3-2-6(9(11)12)4-8(7)13-5/h6H,2-4H2,1H3,(H,11,12)/t6-/m0/s1. The molecule has 0 fully saturated rings. The zero-order valence-electron chi connectivity index (χ0n) is 7.41. The Kier molecular flexibility index (Phi) is 2.07. The molecule has 0 aliphatic heterocycles. The van der Waals surface area contributed by atoms with Crippen LogP contribution in [0.1, 0.15) is 22.0 Å². The van der Waals surface area contributed by atoms with Crippen molar-refractivity contribution in [2.24, 2.45) is 5.92 Å². The first-order valence-electron chi connectivity index (χ1n) is 4.35. The van der Waals surface area contributed by atoms with Gasteiger partial charge in [-0.2, -0.15) is 0 Å². The lowest BCUT2D eigenvalue weighted by atomic mass is 9.91. The molecule has 0 spiro atoms. The van der Waals surface area contributed by atoms with E-state index in [1.807, 2.05) is 6.92 Å². The van der Waals surface area contributed by atoms with Crippen LogP contribution in [-0.2, 0) is 17.6 Å². The molecule has 4 heteroatoms. The van der Waals surface area contributed by atoms with Gasteiger partial charge < -0.3 is 5.11 Å². The number of thiazole rings is 1. The van der Waals surface area contributed by atoms with Gasteiger partial charge in [0.25, 0.3) is 0 Å². The number of carboxylic acid groups (broad SMARTS) is 1. The Hall–Kier alpha value is -0.900. The van der Waals surface area contributed by atoms with Crippen molar-refractivity contribution in [2.45, 2.75) is 26.2 Å². The number of carboxylic acids is 1. The topological polar surface area (TPSA) is 50.2 Å². The van der Waals surface area contributed by atoms with Crippen LogP contribution in [0.25, 0.3) is 0 Å². The van der Waals surface area contributed by atoms with Gasteiger partial charge in [0.1, 0.15) is 0 Å². The third kappa shape index (κ3) is 1.58. The van der Waals surface area contributed by atoms with Crippen molar-refractivity contribution in [3.8, 4) is 0 Å². The van der Waals surface area contributed by atoms with Gasteiger partial charge in [-0.15, -0.1) is 11.3 Å². The quantitative estimate of drug-likeness (QED) is 0.744. The van der Waals surface area contributed by atoms with E-state index in [1.54, 1.807) is 11.3 Å². The maximum absolute atomic E-state index is 10.8. The van der Waals surface area contributed by atoms with Gasteiger partial charge in [0.15, 0.2) is 0 Å². The van der Waals surface area contributed by atoms with Gasteiger partial charge in [-0.1, -0.05) is 0 Å². The van der Waals surface area contributed by atoms with Crippen molar-refractivity contribution in [2.75, 3.05) is 0 Å². The highest BCUT2D eigenvalue weighted by atomic mass is 32.1. The maximum atomic E-state index is 10.8. The molecule has 0 unspecified atom stereocenters. The van der Waals surface area contributed by atoms with Crippen molar-refractivity contribution < 1.29 is 9.90 Å². The second-order valence-electron chi connectivity index (χ2n) is 3.38. The SMILES string of the molecule is Cc1nc2c(s1)C[C@@H](C(=O)O)CC2. The van der Waals surface area contributed by atoms with E-state index in [0.29, 0.717) is 6.42 Å². The largest absolute Gasteiger partial charge is 0.481 e. The van der Waals surface area contributed by atoms with E-state index < -0.39 is 5.97 Å². The fraction of sp³-hybridized carbons (Fsp3) is 0.556. The van der Waals surface area contributed by atoms with Gasteiger partial charge in [0, 0.05) is 4.88 Å². The molecule has 0 bridgehead atoms. The first-order chi connectivity index (χ1) is 6.16. The fourth-order valence-corrected chi connectivity index (χ4v) is 2.78. The summed E-state index contributed by atoms with van der Waals surface area (Å²) in [5.74, 6) is -0.857. The summed E-state index contributed by atoms with van der Waals surface area (Å²) < 4.78 is 0. The van der Waals surface area contributed by atoms with Gasteiger partial charge in [-0.3, -0.25) is 4.79 Å². The van der Waals surface area contributed by atoms with E-state index >= 15 is 0 Å². The molecule has 0 saturated heterocycles. The van der Waals surface area contributed by atoms with E-state index in [4.69, 9.17) is 5.11 Å². The monoisotopic (exact) mass is 197 g/mol. The highest BCUT2D eigenvalue weighted by Gasteiger charge is 2.26. The molecule has 3 nitrogen and oxygen atoms in total. The Morgan fingerprint density at radius 3 is 3.15 bits per heavy atom. The summed E-state index contributed by atoms with van der Waals surface area (Å²) in [6.07, 6.45) is 2.25. The second kappa shape index (κ2) is 3.10. The van der Waals surface area contributed by atoms with Gasteiger partial charge in [0.2, 0.25) is 0 Å². The zero-order valence-corrected chi connectivity index (χ0v) is 8.23. The number of nitrogens with zero attached hydrogens (tertiary/aromatic N) is 1. The Labute approximate surface area is 80.4 Å². The van der Waals surface area contributed by atoms with Crippen LogP contribution < -0.4 is 0 Å². The normalized spacial score (nSPS) is 21.2. The molecule has 1 aromatic heterocycles. The van der Waals surface area contributed by atoms with Crippen molar-refractivity contribution in [1.29, 1.82) is 0 Å². The Morgan fingerprint density at radius 1 is 1.69 bits per heavy atom. The maximum Gasteiger partial charge on any atom is 0.306 e. The average molecular weight is 197 g/mol. The number of carbonyl (C=O) groups is 1. The molecule has 2 rings (SSSR count). The van der Waals surface area contributed by atoms with Crippen LogP contribution in [-0.4, -0.2) is 16.1 Å². The van der Waals surface area contributed by atoms with Gasteiger partial charge in [-0.25, -0.2) is 4.98 Å². The van der Waals surface area contributed by atoms with Gasteiger partial charge >= 0.3 is 5.97 Å². The third-order valence-corrected chi connectivity index (χ3v) is 3.43. The third-order valence-electron chi connectivity index (χ3n) is 2.40. The summed E-state index contributed by atoms with van der Waals surface area (Å²) in [7, 11) is 0. The fourth-order valence-electron chi connectivity index (χ4n) is 1.71. The molecule has 1 aliphatic rings. The van der Waals surface area contributed by atoms with E-state index in [2.05, 4.69) is 4.98 Å². The second-order valence-corrected chi connectivity index (χ2v) is 4.67. The smallest absolute Gasteiger partial charge is 0.306 e.